The van der Waals surface area contributed by atoms with Crippen LogP contribution in [0.15, 0.2) is 4.52 Å². The highest BCUT2D eigenvalue weighted by molar-refractivity contribution is 6.00. The zero-order valence-electron chi connectivity index (χ0n) is 15.6. The Balaban J connectivity index is 1.90. The molecular weight excluding hydrogens is 336 g/mol. The summed E-state index contributed by atoms with van der Waals surface area (Å²) in [5, 5.41) is 7.11. The van der Waals surface area contributed by atoms with Gasteiger partial charge in [-0.25, -0.2) is 4.79 Å². The molecule has 2 N–H and O–H groups in total. The third-order valence-electron chi connectivity index (χ3n) is 4.91. The lowest BCUT2D eigenvalue weighted by molar-refractivity contribution is 0.0525. The van der Waals surface area contributed by atoms with Gasteiger partial charge in [0, 0.05) is 12.6 Å². The third kappa shape index (κ3) is 3.11. The molecule has 0 unspecified atom stereocenters. The number of carbonyl (C=O) groups excluding carboxylic acids is 2. The SMILES string of the molecule is CCOC(=O)c1c(C)[nH]c(C(=O)NC2(c3noc(C)n3)CCCC2)c1C. The average Bonchev–Trinajstić information content (AvgIpc) is 3.28. The van der Waals surface area contributed by atoms with Crippen LogP contribution in [0.4, 0.5) is 0 Å². The van der Waals surface area contributed by atoms with Crippen molar-refractivity contribution in [2.24, 2.45) is 0 Å². The summed E-state index contributed by atoms with van der Waals surface area (Å²) in [6, 6.07) is 0. The van der Waals surface area contributed by atoms with E-state index in [9.17, 15) is 9.59 Å². The van der Waals surface area contributed by atoms with Gasteiger partial charge in [-0.1, -0.05) is 18.0 Å². The summed E-state index contributed by atoms with van der Waals surface area (Å²) >= 11 is 0. The molecule has 0 atom stereocenters. The van der Waals surface area contributed by atoms with Crippen molar-refractivity contribution >= 4 is 11.9 Å². The number of carbonyl (C=O) groups is 2. The first-order valence-electron chi connectivity index (χ1n) is 8.87. The van der Waals surface area contributed by atoms with E-state index in [1.165, 1.54) is 0 Å². The summed E-state index contributed by atoms with van der Waals surface area (Å²) in [6.07, 6.45) is 3.46. The molecule has 1 aliphatic carbocycles. The van der Waals surface area contributed by atoms with Crippen LogP contribution in [0.1, 0.15) is 76.4 Å². The quantitative estimate of drug-likeness (QED) is 0.793. The van der Waals surface area contributed by atoms with Crippen LogP contribution in [-0.4, -0.2) is 33.6 Å². The molecule has 2 aromatic rings. The van der Waals surface area contributed by atoms with Crippen LogP contribution in [0.25, 0.3) is 0 Å². The Morgan fingerprint density at radius 1 is 1.27 bits per heavy atom. The van der Waals surface area contributed by atoms with Crippen LogP contribution in [0.2, 0.25) is 0 Å². The molecule has 0 saturated heterocycles. The van der Waals surface area contributed by atoms with Crippen molar-refractivity contribution in [3.8, 4) is 0 Å². The highest BCUT2D eigenvalue weighted by Crippen LogP contribution is 2.37. The molecule has 0 aliphatic heterocycles. The lowest BCUT2D eigenvalue weighted by Crippen LogP contribution is -2.45. The first-order valence-corrected chi connectivity index (χ1v) is 8.87. The van der Waals surface area contributed by atoms with Crippen molar-refractivity contribution in [3.05, 3.63) is 34.2 Å². The van der Waals surface area contributed by atoms with E-state index in [-0.39, 0.29) is 12.5 Å². The highest BCUT2D eigenvalue weighted by Gasteiger charge is 2.42. The number of hydrogen-bond donors (Lipinski definition) is 2. The van der Waals surface area contributed by atoms with E-state index in [4.69, 9.17) is 9.26 Å². The number of ether oxygens (including phenoxy) is 1. The number of hydrogen-bond acceptors (Lipinski definition) is 6. The molecule has 0 radical (unpaired) electrons. The van der Waals surface area contributed by atoms with Crippen LogP contribution in [0.5, 0.6) is 0 Å². The lowest BCUT2D eigenvalue weighted by Gasteiger charge is -2.26. The van der Waals surface area contributed by atoms with Crippen LogP contribution < -0.4 is 5.32 Å². The van der Waals surface area contributed by atoms with Gasteiger partial charge < -0.3 is 19.6 Å². The van der Waals surface area contributed by atoms with E-state index < -0.39 is 11.5 Å². The number of aromatic amines is 1. The van der Waals surface area contributed by atoms with Crippen LogP contribution >= 0.6 is 0 Å². The second-order valence-corrected chi connectivity index (χ2v) is 6.73. The summed E-state index contributed by atoms with van der Waals surface area (Å²) in [4.78, 5) is 32.5. The second kappa shape index (κ2) is 6.93. The van der Waals surface area contributed by atoms with E-state index in [0.717, 1.165) is 25.7 Å². The maximum Gasteiger partial charge on any atom is 0.340 e. The molecule has 1 aliphatic rings. The molecule has 8 heteroatoms. The molecule has 2 aromatic heterocycles. The fourth-order valence-electron chi connectivity index (χ4n) is 3.64. The zero-order valence-corrected chi connectivity index (χ0v) is 15.6. The first-order chi connectivity index (χ1) is 12.4. The molecule has 1 amide bonds. The fraction of sp³-hybridized carbons (Fsp3) is 0.556. The van der Waals surface area contributed by atoms with Crippen LogP contribution in [-0.2, 0) is 10.3 Å². The molecule has 140 valence electrons. The Labute approximate surface area is 151 Å². The topological polar surface area (TPSA) is 110 Å². The Morgan fingerprint density at radius 2 is 1.96 bits per heavy atom. The summed E-state index contributed by atoms with van der Waals surface area (Å²) in [7, 11) is 0. The van der Waals surface area contributed by atoms with Gasteiger partial charge >= 0.3 is 5.97 Å². The molecule has 0 bridgehead atoms. The normalized spacial score (nSPS) is 15.8. The summed E-state index contributed by atoms with van der Waals surface area (Å²) in [6.45, 7) is 7.25. The van der Waals surface area contributed by atoms with Crippen molar-refractivity contribution in [2.45, 2.75) is 58.9 Å². The number of amides is 1. The number of rotatable bonds is 5. The smallest absolute Gasteiger partial charge is 0.340 e. The van der Waals surface area contributed by atoms with Crippen molar-refractivity contribution < 1.29 is 18.8 Å². The van der Waals surface area contributed by atoms with Gasteiger partial charge in [-0.3, -0.25) is 4.79 Å². The monoisotopic (exact) mass is 360 g/mol. The predicted octanol–water partition coefficient (Wildman–Crippen LogP) is 2.70. The van der Waals surface area contributed by atoms with Crippen molar-refractivity contribution in [3.63, 3.8) is 0 Å². The van der Waals surface area contributed by atoms with Gasteiger partial charge in [0.05, 0.1) is 12.2 Å². The van der Waals surface area contributed by atoms with Gasteiger partial charge in [-0.05, 0) is 39.2 Å². The maximum atomic E-state index is 13.0. The van der Waals surface area contributed by atoms with Gasteiger partial charge in [-0.15, -0.1) is 0 Å². The molecule has 26 heavy (non-hydrogen) atoms. The largest absolute Gasteiger partial charge is 0.462 e. The Morgan fingerprint density at radius 3 is 2.54 bits per heavy atom. The fourth-order valence-corrected chi connectivity index (χ4v) is 3.64. The molecule has 2 heterocycles. The van der Waals surface area contributed by atoms with Crippen LogP contribution in [0.3, 0.4) is 0 Å². The molecule has 0 aromatic carbocycles. The molecule has 3 rings (SSSR count). The highest BCUT2D eigenvalue weighted by atomic mass is 16.5. The lowest BCUT2D eigenvalue weighted by atomic mass is 9.96. The third-order valence-corrected chi connectivity index (χ3v) is 4.91. The minimum absolute atomic E-state index is 0.282. The number of aryl methyl sites for hydroxylation is 2. The van der Waals surface area contributed by atoms with E-state index in [1.54, 1.807) is 27.7 Å². The standard InChI is InChI=1S/C18H24N4O4/c1-5-25-16(24)13-10(2)14(19-11(13)3)15(23)21-18(8-6-7-9-18)17-20-12(4)26-22-17/h19H,5-9H2,1-4H3,(H,21,23). The second-order valence-electron chi connectivity index (χ2n) is 6.73. The molecule has 0 spiro atoms. The number of nitrogens with one attached hydrogen (secondary N) is 2. The minimum atomic E-state index is -0.635. The van der Waals surface area contributed by atoms with Gasteiger partial charge in [0.2, 0.25) is 5.89 Å². The zero-order chi connectivity index (χ0) is 18.9. The molecule has 1 fully saturated rings. The summed E-state index contributed by atoms with van der Waals surface area (Å²) in [5.74, 6) is 0.261. The van der Waals surface area contributed by atoms with Gasteiger partial charge in [0.1, 0.15) is 11.2 Å². The average molecular weight is 360 g/mol. The van der Waals surface area contributed by atoms with Gasteiger partial charge in [0.25, 0.3) is 5.91 Å². The minimum Gasteiger partial charge on any atom is -0.462 e. The Bertz CT molecular complexity index is 830. The number of esters is 1. The van der Waals surface area contributed by atoms with Crippen molar-refractivity contribution in [2.75, 3.05) is 6.61 Å². The van der Waals surface area contributed by atoms with Gasteiger partial charge in [0.15, 0.2) is 5.82 Å². The summed E-state index contributed by atoms with van der Waals surface area (Å²) < 4.78 is 10.2. The molecule has 1 saturated carbocycles. The van der Waals surface area contributed by atoms with Crippen LogP contribution in [0, 0.1) is 20.8 Å². The predicted molar refractivity (Wildman–Crippen MR) is 92.9 cm³/mol. The Hall–Kier alpha value is -2.64. The van der Waals surface area contributed by atoms with Gasteiger partial charge in [-0.2, -0.15) is 4.98 Å². The van der Waals surface area contributed by atoms with Crippen molar-refractivity contribution in [1.29, 1.82) is 0 Å². The van der Waals surface area contributed by atoms with E-state index in [1.807, 2.05) is 0 Å². The summed E-state index contributed by atoms with van der Waals surface area (Å²) in [5.41, 5.74) is 1.33. The van der Waals surface area contributed by atoms with E-state index in [2.05, 4.69) is 20.4 Å². The number of nitrogens with zero attached hydrogens (tertiary/aromatic N) is 2. The van der Waals surface area contributed by atoms with E-state index >= 15 is 0 Å². The number of aromatic nitrogens is 3. The number of H-pyrrole nitrogens is 1. The first kappa shape index (κ1) is 18.2. The van der Waals surface area contributed by atoms with Crippen molar-refractivity contribution in [1.82, 2.24) is 20.4 Å². The molecule has 8 nitrogen and oxygen atoms in total. The maximum absolute atomic E-state index is 13.0. The molecular formula is C18H24N4O4. The Kier molecular flexibility index (Phi) is 4.84. The van der Waals surface area contributed by atoms with E-state index in [0.29, 0.717) is 34.2 Å².